The maximum Gasteiger partial charge on any atom is 0.533 e. The van der Waals surface area contributed by atoms with Crippen LogP contribution in [0.5, 0.6) is 5.75 Å². The van der Waals surface area contributed by atoms with Crippen LogP contribution in [0, 0.1) is 5.92 Å². The van der Waals surface area contributed by atoms with Gasteiger partial charge in [-0.3, -0.25) is 0 Å². The molecule has 1 unspecified atom stereocenters. The molecule has 42 heavy (non-hydrogen) atoms. The third kappa shape index (κ3) is 7.96. The highest BCUT2D eigenvalue weighted by Crippen LogP contribution is 2.35. The molecule has 2 N–H and O–H groups in total. The van der Waals surface area contributed by atoms with Gasteiger partial charge in [0.15, 0.2) is 0 Å². The zero-order valence-corrected chi connectivity index (χ0v) is 25.3. The first-order valence-electron chi connectivity index (χ1n) is 14.0. The molecule has 2 atom stereocenters. The number of rotatable bonds is 15. The number of carbonyl (C=O) groups excluding carboxylic acids is 2. The van der Waals surface area contributed by atoms with Crippen molar-refractivity contribution in [1.29, 1.82) is 0 Å². The van der Waals surface area contributed by atoms with Crippen LogP contribution in [0.1, 0.15) is 44.2 Å². The van der Waals surface area contributed by atoms with E-state index in [0.717, 1.165) is 5.56 Å². The van der Waals surface area contributed by atoms with Crippen LogP contribution in [0.2, 0.25) is 0 Å². The van der Waals surface area contributed by atoms with Gasteiger partial charge in [0.05, 0.1) is 7.11 Å². The van der Waals surface area contributed by atoms with Crippen molar-refractivity contribution in [2.75, 3.05) is 20.2 Å². The van der Waals surface area contributed by atoms with Crippen LogP contribution in [0.25, 0.3) is 0 Å². The van der Waals surface area contributed by atoms with Gasteiger partial charge in [0.25, 0.3) is 0 Å². The summed E-state index contributed by atoms with van der Waals surface area (Å²) in [5.74, 6) is -0.671. The zero-order chi connectivity index (χ0) is 30.6. The summed E-state index contributed by atoms with van der Waals surface area (Å²) in [6, 6.07) is 22.4. The molecule has 0 bridgehead atoms. The third-order valence-electron chi connectivity index (χ3n) is 6.87. The fourth-order valence-corrected chi connectivity index (χ4v) is 6.93. The molecular formula is C32H41N2O7S+. The molecule has 0 saturated carbocycles. The summed E-state index contributed by atoms with van der Waals surface area (Å²) in [6.45, 7) is 3.50. The first-order chi connectivity index (χ1) is 20.2. The standard InChI is InChI=1S/C32H41N2O7S/c1-25(2)22-34(32(36)41-24-27-14-8-5-9-15-27,42(37,38)29-19-17-28(39-3)18-20-29)30(16-10-11-21-33)31(35)40-23-26-12-6-4-7-13-26/h4-9,12-15,17-20,25,30H,10-11,16,21-24,33H2,1-3H3/q+1/t30-,34?/m0/s1. The predicted molar refractivity (Wildman–Crippen MR) is 160 cm³/mol. The van der Waals surface area contributed by atoms with Crippen molar-refractivity contribution < 1.29 is 36.1 Å². The zero-order valence-electron chi connectivity index (χ0n) is 24.5. The lowest BCUT2D eigenvalue weighted by Crippen LogP contribution is -2.66. The topological polar surface area (TPSA) is 122 Å². The van der Waals surface area contributed by atoms with Crippen molar-refractivity contribution in [1.82, 2.24) is 0 Å². The number of nitrogens with two attached hydrogens (primary N) is 1. The molecular weight excluding hydrogens is 556 g/mol. The molecule has 1 amide bonds. The molecule has 3 aromatic carbocycles. The van der Waals surface area contributed by atoms with Crippen LogP contribution in [0.3, 0.4) is 0 Å². The van der Waals surface area contributed by atoms with E-state index in [4.69, 9.17) is 19.9 Å². The van der Waals surface area contributed by atoms with Gasteiger partial charge in [-0.2, -0.15) is 13.2 Å². The molecule has 0 saturated heterocycles. The number of unbranched alkanes of at least 4 members (excludes halogenated alkanes) is 1. The molecule has 3 aromatic rings. The molecule has 0 spiro atoms. The average molecular weight is 598 g/mol. The first-order valence-corrected chi connectivity index (χ1v) is 15.5. The molecule has 3 rings (SSSR count). The van der Waals surface area contributed by atoms with Gasteiger partial charge in [-0.25, -0.2) is 4.79 Å². The highest BCUT2D eigenvalue weighted by Gasteiger charge is 2.60. The monoisotopic (exact) mass is 597 g/mol. The SMILES string of the molecule is COc1ccc(S(=O)(=O)[N+](CC(C)C)(C(=O)OCc2ccccc2)[C@@H](CCCCN)C(=O)OCc2ccccc2)cc1. The van der Waals surface area contributed by atoms with Crippen molar-refractivity contribution in [3.63, 3.8) is 0 Å². The summed E-state index contributed by atoms with van der Waals surface area (Å²) in [6.07, 6.45) is -0.0547. The maximum absolute atomic E-state index is 14.7. The molecule has 226 valence electrons. The van der Waals surface area contributed by atoms with E-state index in [9.17, 15) is 18.0 Å². The minimum atomic E-state index is -4.58. The molecule has 0 fully saturated rings. The van der Waals surface area contributed by atoms with Gasteiger partial charge in [-0.05, 0) is 54.8 Å². The number of carbonyl (C=O) groups is 2. The number of hydrogen-bond acceptors (Lipinski definition) is 8. The number of nitrogens with zero attached hydrogens (tertiary/aromatic N) is 1. The van der Waals surface area contributed by atoms with Gasteiger partial charge in [0, 0.05) is 12.3 Å². The van der Waals surface area contributed by atoms with Crippen molar-refractivity contribution >= 4 is 22.1 Å². The Bertz CT molecular complexity index is 1380. The lowest BCUT2D eigenvalue weighted by Gasteiger charge is -2.39. The Morgan fingerprint density at radius 1 is 0.810 bits per heavy atom. The number of benzene rings is 3. The lowest BCUT2D eigenvalue weighted by atomic mass is 10.1. The van der Waals surface area contributed by atoms with Gasteiger partial charge in [0.1, 0.15) is 30.4 Å². The number of methoxy groups -OCH3 is 1. The maximum atomic E-state index is 14.7. The quantitative estimate of drug-likeness (QED) is 0.140. The highest BCUT2D eigenvalue weighted by molar-refractivity contribution is 7.86. The predicted octanol–water partition coefficient (Wildman–Crippen LogP) is 5.43. The smallest absolute Gasteiger partial charge is 0.497 e. The molecule has 0 aliphatic heterocycles. The minimum absolute atomic E-state index is 0.0490. The van der Waals surface area contributed by atoms with Crippen LogP contribution < -0.4 is 10.5 Å². The van der Waals surface area contributed by atoms with Crippen LogP contribution in [0.15, 0.2) is 89.8 Å². The summed E-state index contributed by atoms with van der Waals surface area (Å²) in [5, 5.41) is 0. The molecule has 0 radical (unpaired) electrons. The van der Waals surface area contributed by atoms with E-state index in [1.54, 1.807) is 50.2 Å². The fraction of sp³-hybridized carbons (Fsp3) is 0.375. The average Bonchev–Trinajstić information content (AvgIpc) is 3.00. The van der Waals surface area contributed by atoms with E-state index < -0.39 is 32.0 Å². The van der Waals surface area contributed by atoms with E-state index in [1.807, 2.05) is 24.3 Å². The number of ether oxygens (including phenoxy) is 3. The second-order valence-corrected chi connectivity index (χ2v) is 12.5. The largest absolute Gasteiger partial charge is 0.533 e. The van der Waals surface area contributed by atoms with Gasteiger partial charge in [-0.15, -0.1) is 3.89 Å². The number of quaternary nitrogens is 1. The van der Waals surface area contributed by atoms with Crippen LogP contribution in [0.4, 0.5) is 4.79 Å². The van der Waals surface area contributed by atoms with Crippen LogP contribution in [-0.4, -0.2) is 50.6 Å². The summed E-state index contributed by atoms with van der Waals surface area (Å²) < 4.78 is 44.8. The Morgan fingerprint density at radius 2 is 1.36 bits per heavy atom. The molecule has 0 heterocycles. The number of esters is 1. The Morgan fingerprint density at radius 3 is 1.86 bits per heavy atom. The second kappa shape index (κ2) is 15.5. The van der Waals surface area contributed by atoms with Gasteiger partial charge in [-0.1, -0.05) is 74.5 Å². The lowest BCUT2D eigenvalue weighted by molar-refractivity contribution is -0.756. The van der Waals surface area contributed by atoms with E-state index in [-0.39, 0.29) is 37.0 Å². The fourth-order valence-electron chi connectivity index (χ4n) is 4.80. The van der Waals surface area contributed by atoms with Gasteiger partial charge in [0.2, 0.25) is 6.04 Å². The third-order valence-corrected chi connectivity index (χ3v) is 9.15. The van der Waals surface area contributed by atoms with E-state index >= 15 is 0 Å². The first kappa shape index (κ1) is 32.8. The molecule has 9 nitrogen and oxygen atoms in total. The molecule has 10 heteroatoms. The van der Waals surface area contributed by atoms with Crippen molar-refractivity contribution in [2.24, 2.45) is 11.7 Å². The molecule has 0 aliphatic rings. The second-order valence-electron chi connectivity index (χ2n) is 10.5. The van der Waals surface area contributed by atoms with Crippen molar-refractivity contribution in [3.05, 3.63) is 96.1 Å². The van der Waals surface area contributed by atoms with Gasteiger partial charge < -0.3 is 19.9 Å². The molecule has 0 aliphatic carbocycles. The number of sulfonamides is 1. The summed E-state index contributed by atoms with van der Waals surface area (Å²) in [7, 11) is -3.10. The summed E-state index contributed by atoms with van der Waals surface area (Å²) in [4.78, 5) is 28.1. The van der Waals surface area contributed by atoms with E-state index in [0.29, 0.717) is 30.7 Å². The Hall–Kier alpha value is -3.73. The van der Waals surface area contributed by atoms with Crippen LogP contribution in [-0.2, 0) is 37.5 Å². The summed E-state index contributed by atoms with van der Waals surface area (Å²) in [5.41, 5.74) is 7.16. The van der Waals surface area contributed by atoms with Crippen LogP contribution >= 0.6 is 0 Å². The normalized spacial score (nSPS) is 13.6. The van der Waals surface area contributed by atoms with E-state index in [1.165, 1.54) is 31.4 Å². The Kier molecular flexibility index (Phi) is 12.1. The number of hydrogen-bond donors (Lipinski definition) is 1. The summed E-state index contributed by atoms with van der Waals surface area (Å²) >= 11 is 0. The van der Waals surface area contributed by atoms with Crippen molar-refractivity contribution in [3.8, 4) is 5.75 Å². The van der Waals surface area contributed by atoms with Gasteiger partial charge >= 0.3 is 22.1 Å². The number of amides is 1. The minimum Gasteiger partial charge on any atom is -0.497 e. The van der Waals surface area contributed by atoms with Crippen molar-refractivity contribution in [2.45, 2.75) is 57.3 Å². The Labute approximate surface area is 248 Å². The highest BCUT2D eigenvalue weighted by atomic mass is 32.2. The van der Waals surface area contributed by atoms with E-state index in [2.05, 4.69) is 0 Å². The molecule has 0 aromatic heterocycles. The Balaban J connectivity index is 2.16.